The molecule has 2 aromatic rings. The van der Waals surface area contributed by atoms with Crippen molar-refractivity contribution in [2.24, 2.45) is 0 Å². The maximum absolute atomic E-state index is 12.8. The molecule has 2 heterocycles. The first kappa shape index (κ1) is 16.4. The van der Waals surface area contributed by atoms with Gasteiger partial charge in [0, 0.05) is 13.0 Å². The minimum atomic E-state index is -3.75. The molecule has 0 spiro atoms. The first-order chi connectivity index (χ1) is 12.0. The Morgan fingerprint density at radius 1 is 1.04 bits per heavy atom. The van der Waals surface area contributed by atoms with Crippen molar-refractivity contribution in [2.45, 2.75) is 30.6 Å². The van der Waals surface area contributed by atoms with Gasteiger partial charge in [-0.1, -0.05) is 23.7 Å². The van der Waals surface area contributed by atoms with Crippen LogP contribution in [0.5, 0.6) is 0 Å². The van der Waals surface area contributed by atoms with Gasteiger partial charge < -0.3 is 4.90 Å². The molecular weight excluding hydrogens is 360 g/mol. The van der Waals surface area contributed by atoms with Crippen molar-refractivity contribution < 1.29 is 13.2 Å². The van der Waals surface area contributed by atoms with Crippen LogP contribution in [0.15, 0.2) is 41.3 Å². The van der Waals surface area contributed by atoms with E-state index in [0.29, 0.717) is 30.1 Å². The normalized spacial score (nSPS) is 16.5. The van der Waals surface area contributed by atoms with Gasteiger partial charge in [-0.05, 0) is 54.7 Å². The van der Waals surface area contributed by atoms with Gasteiger partial charge in [0.05, 0.1) is 21.3 Å². The van der Waals surface area contributed by atoms with Gasteiger partial charge in [-0.15, -0.1) is 0 Å². The fraction of sp³-hybridized carbons (Fsp3) is 0.278. The van der Waals surface area contributed by atoms with E-state index in [4.69, 9.17) is 11.6 Å². The molecule has 0 bridgehead atoms. The first-order valence-corrected chi connectivity index (χ1v) is 10.1. The molecule has 130 valence electrons. The van der Waals surface area contributed by atoms with E-state index in [1.165, 1.54) is 0 Å². The standard InChI is InChI=1S/C18H17ClN2O3S/c19-15-5-1-2-6-16(15)20-25(23,24)14-10-12-4-3-9-21-17(22)8-7-13(11-14)18(12)21/h1-2,5-6,10-11,20H,3-4,7-9H2. The van der Waals surface area contributed by atoms with Crippen molar-refractivity contribution in [1.29, 1.82) is 0 Å². The number of anilines is 2. The Hall–Kier alpha value is -2.05. The lowest BCUT2D eigenvalue weighted by Gasteiger charge is -2.35. The number of aryl methyl sites for hydroxylation is 2. The number of carbonyl (C=O) groups excluding carboxylic acids is 1. The summed E-state index contributed by atoms with van der Waals surface area (Å²) in [5.74, 6) is 0.123. The monoisotopic (exact) mass is 376 g/mol. The van der Waals surface area contributed by atoms with Gasteiger partial charge in [0.15, 0.2) is 0 Å². The Morgan fingerprint density at radius 2 is 1.76 bits per heavy atom. The number of sulfonamides is 1. The van der Waals surface area contributed by atoms with E-state index in [-0.39, 0.29) is 10.8 Å². The van der Waals surface area contributed by atoms with E-state index in [1.54, 1.807) is 41.3 Å². The second-order valence-electron chi connectivity index (χ2n) is 6.32. The topological polar surface area (TPSA) is 66.5 Å². The van der Waals surface area contributed by atoms with E-state index in [0.717, 1.165) is 29.7 Å². The van der Waals surface area contributed by atoms with Crippen molar-refractivity contribution in [3.05, 3.63) is 52.5 Å². The molecule has 0 saturated heterocycles. The van der Waals surface area contributed by atoms with Gasteiger partial charge in [0.1, 0.15) is 0 Å². The van der Waals surface area contributed by atoms with Crippen molar-refractivity contribution in [3.8, 4) is 0 Å². The van der Waals surface area contributed by atoms with Gasteiger partial charge in [0.2, 0.25) is 5.91 Å². The highest BCUT2D eigenvalue weighted by Crippen LogP contribution is 2.38. The Bertz CT molecular complexity index is 955. The van der Waals surface area contributed by atoms with E-state index in [1.807, 2.05) is 0 Å². The second-order valence-corrected chi connectivity index (χ2v) is 8.41. The SMILES string of the molecule is O=C1CCc2cc(S(=O)(=O)Nc3ccccc3Cl)cc3c2N1CCC3. The molecule has 7 heteroatoms. The Morgan fingerprint density at radius 3 is 2.52 bits per heavy atom. The number of halogens is 1. The largest absolute Gasteiger partial charge is 0.312 e. The predicted octanol–water partition coefficient (Wildman–Crippen LogP) is 3.37. The molecule has 25 heavy (non-hydrogen) atoms. The van der Waals surface area contributed by atoms with E-state index < -0.39 is 10.0 Å². The minimum Gasteiger partial charge on any atom is -0.312 e. The lowest BCUT2D eigenvalue weighted by molar-refractivity contribution is -0.119. The first-order valence-electron chi connectivity index (χ1n) is 8.19. The molecule has 0 aromatic heterocycles. The van der Waals surface area contributed by atoms with Crippen LogP contribution in [0.3, 0.4) is 0 Å². The van der Waals surface area contributed by atoms with Crippen molar-refractivity contribution in [1.82, 2.24) is 0 Å². The number of para-hydroxylation sites is 1. The van der Waals surface area contributed by atoms with Crippen LogP contribution in [0, 0.1) is 0 Å². The van der Waals surface area contributed by atoms with Crippen molar-refractivity contribution in [3.63, 3.8) is 0 Å². The van der Waals surface area contributed by atoms with Crippen LogP contribution >= 0.6 is 11.6 Å². The van der Waals surface area contributed by atoms with E-state index in [9.17, 15) is 13.2 Å². The zero-order valence-corrected chi connectivity index (χ0v) is 15.0. The minimum absolute atomic E-state index is 0.123. The molecule has 1 amide bonds. The summed E-state index contributed by atoms with van der Waals surface area (Å²) in [5.41, 5.74) is 3.12. The average molecular weight is 377 g/mol. The number of hydrogen-bond donors (Lipinski definition) is 1. The highest BCUT2D eigenvalue weighted by Gasteiger charge is 2.31. The Balaban J connectivity index is 1.77. The van der Waals surface area contributed by atoms with E-state index in [2.05, 4.69) is 4.72 Å². The highest BCUT2D eigenvalue weighted by molar-refractivity contribution is 7.92. The van der Waals surface area contributed by atoms with Gasteiger partial charge >= 0.3 is 0 Å². The van der Waals surface area contributed by atoms with Crippen LogP contribution in [0.25, 0.3) is 0 Å². The summed E-state index contributed by atoms with van der Waals surface area (Å²) in [6.07, 6.45) is 2.63. The smallest absolute Gasteiger partial charge is 0.261 e. The molecule has 2 aliphatic heterocycles. The highest BCUT2D eigenvalue weighted by atomic mass is 35.5. The summed E-state index contributed by atoms with van der Waals surface area (Å²) < 4.78 is 28.2. The summed E-state index contributed by atoms with van der Waals surface area (Å²) in [6, 6.07) is 10.1. The summed E-state index contributed by atoms with van der Waals surface area (Å²) in [6.45, 7) is 0.711. The molecule has 4 rings (SSSR count). The maximum atomic E-state index is 12.8. The zero-order chi connectivity index (χ0) is 17.6. The summed E-state index contributed by atoms with van der Waals surface area (Å²) >= 11 is 6.06. The fourth-order valence-corrected chi connectivity index (χ4v) is 4.94. The summed E-state index contributed by atoms with van der Waals surface area (Å²) in [5, 5.41) is 0.349. The van der Waals surface area contributed by atoms with Crippen LogP contribution in [-0.2, 0) is 27.7 Å². The molecule has 0 saturated carbocycles. The van der Waals surface area contributed by atoms with E-state index >= 15 is 0 Å². The van der Waals surface area contributed by atoms with Crippen LogP contribution in [0.1, 0.15) is 24.0 Å². The number of benzene rings is 2. The molecule has 0 atom stereocenters. The van der Waals surface area contributed by atoms with Gasteiger partial charge in [0.25, 0.3) is 10.0 Å². The van der Waals surface area contributed by atoms with Crippen molar-refractivity contribution >= 4 is 38.9 Å². The van der Waals surface area contributed by atoms with Gasteiger partial charge in [-0.25, -0.2) is 8.42 Å². The van der Waals surface area contributed by atoms with Gasteiger partial charge in [-0.2, -0.15) is 0 Å². The van der Waals surface area contributed by atoms with Crippen LogP contribution < -0.4 is 9.62 Å². The quantitative estimate of drug-likeness (QED) is 0.893. The number of amides is 1. The van der Waals surface area contributed by atoms with Crippen LogP contribution in [0.4, 0.5) is 11.4 Å². The summed E-state index contributed by atoms with van der Waals surface area (Å²) in [7, 11) is -3.75. The fourth-order valence-electron chi connectivity index (χ4n) is 3.52. The summed E-state index contributed by atoms with van der Waals surface area (Å²) in [4.78, 5) is 14.1. The van der Waals surface area contributed by atoms with Crippen LogP contribution in [0.2, 0.25) is 5.02 Å². The second kappa shape index (κ2) is 6.04. The van der Waals surface area contributed by atoms with Gasteiger partial charge in [-0.3, -0.25) is 9.52 Å². The zero-order valence-electron chi connectivity index (χ0n) is 13.5. The number of hydrogen-bond acceptors (Lipinski definition) is 3. The molecule has 0 fully saturated rings. The molecule has 2 aromatic carbocycles. The number of carbonyl (C=O) groups is 1. The predicted molar refractivity (Wildman–Crippen MR) is 97.7 cm³/mol. The Kier molecular flexibility index (Phi) is 3.96. The molecule has 0 unspecified atom stereocenters. The molecule has 2 aliphatic rings. The lowest BCUT2D eigenvalue weighted by atomic mass is 9.92. The Labute approximate surface area is 151 Å². The number of rotatable bonds is 3. The number of nitrogens with one attached hydrogen (secondary N) is 1. The van der Waals surface area contributed by atoms with Crippen LogP contribution in [-0.4, -0.2) is 20.9 Å². The molecule has 0 aliphatic carbocycles. The molecule has 0 radical (unpaired) electrons. The molecule has 1 N–H and O–H groups in total. The third-order valence-corrected chi connectivity index (χ3v) is 6.35. The lowest BCUT2D eigenvalue weighted by Crippen LogP contribution is -2.39. The third-order valence-electron chi connectivity index (χ3n) is 4.68. The number of nitrogens with zero attached hydrogens (tertiary/aromatic N) is 1. The molecule has 5 nitrogen and oxygen atoms in total. The molecular formula is C18H17ClN2O3S. The third kappa shape index (κ3) is 2.89. The van der Waals surface area contributed by atoms with Crippen molar-refractivity contribution in [2.75, 3.05) is 16.2 Å². The average Bonchev–Trinajstić information content (AvgIpc) is 2.60. The maximum Gasteiger partial charge on any atom is 0.261 e.